The third-order valence-electron chi connectivity index (χ3n) is 6.26. The maximum Gasteiger partial charge on any atom is 0.0622 e. The molecule has 0 bridgehead atoms. The standard InChI is InChI=1S/C24H40O2/c1-19(20-11-7-5-8-12-20)17-24(4,26)16-15-22(18-23(2,3)25)21-13-9-6-10-14-21/h6,9-10,13-14,19-20,22,25-26H,5,7-8,11-12,15-18H2,1-4H3. The third-order valence-corrected chi connectivity index (χ3v) is 6.26. The van der Waals surface area contributed by atoms with Crippen LogP contribution in [0.15, 0.2) is 30.3 Å². The first-order chi connectivity index (χ1) is 12.2. The van der Waals surface area contributed by atoms with Crippen molar-refractivity contribution in [3.8, 4) is 0 Å². The highest BCUT2D eigenvalue weighted by Crippen LogP contribution is 2.37. The van der Waals surface area contributed by atoms with Crippen LogP contribution >= 0.6 is 0 Å². The molecule has 1 aromatic rings. The minimum absolute atomic E-state index is 0.285. The van der Waals surface area contributed by atoms with Gasteiger partial charge in [0.1, 0.15) is 0 Å². The van der Waals surface area contributed by atoms with Gasteiger partial charge in [0.25, 0.3) is 0 Å². The minimum Gasteiger partial charge on any atom is -0.390 e. The summed E-state index contributed by atoms with van der Waals surface area (Å²) in [6, 6.07) is 10.5. The van der Waals surface area contributed by atoms with Gasteiger partial charge in [-0.05, 0) is 69.8 Å². The maximum absolute atomic E-state index is 11.0. The lowest BCUT2D eigenvalue weighted by Gasteiger charge is -2.34. The molecular formula is C24H40O2. The quantitative estimate of drug-likeness (QED) is 0.561. The van der Waals surface area contributed by atoms with Crippen LogP contribution in [0.25, 0.3) is 0 Å². The van der Waals surface area contributed by atoms with E-state index in [9.17, 15) is 10.2 Å². The Morgan fingerprint density at radius 3 is 2.15 bits per heavy atom. The molecule has 1 saturated carbocycles. The predicted molar refractivity (Wildman–Crippen MR) is 110 cm³/mol. The first-order valence-electron chi connectivity index (χ1n) is 10.7. The molecule has 1 aliphatic carbocycles. The van der Waals surface area contributed by atoms with E-state index in [0.29, 0.717) is 5.92 Å². The smallest absolute Gasteiger partial charge is 0.0622 e. The van der Waals surface area contributed by atoms with Crippen LogP contribution in [0.1, 0.15) is 97.0 Å². The number of hydrogen-bond acceptors (Lipinski definition) is 2. The molecule has 0 saturated heterocycles. The number of hydrogen-bond donors (Lipinski definition) is 2. The summed E-state index contributed by atoms with van der Waals surface area (Å²) in [7, 11) is 0. The van der Waals surface area contributed by atoms with E-state index in [-0.39, 0.29) is 5.92 Å². The fraction of sp³-hybridized carbons (Fsp3) is 0.750. The Morgan fingerprint density at radius 2 is 1.58 bits per heavy atom. The van der Waals surface area contributed by atoms with Crippen LogP contribution in [0.2, 0.25) is 0 Å². The summed E-state index contributed by atoms with van der Waals surface area (Å²) < 4.78 is 0. The molecule has 26 heavy (non-hydrogen) atoms. The lowest BCUT2D eigenvalue weighted by molar-refractivity contribution is 0.00775. The second-order valence-corrected chi connectivity index (χ2v) is 9.74. The Kier molecular flexibility index (Phi) is 7.73. The molecule has 2 heteroatoms. The Hall–Kier alpha value is -0.860. The monoisotopic (exact) mass is 360 g/mol. The van der Waals surface area contributed by atoms with Gasteiger partial charge >= 0.3 is 0 Å². The van der Waals surface area contributed by atoms with Gasteiger partial charge < -0.3 is 10.2 Å². The van der Waals surface area contributed by atoms with Crippen molar-refractivity contribution in [3.05, 3.63) is 35.9 Å². The highest BCUT2D eigenvalue weighted by molar-refractivity contribution is 5.20. The van der Waals surface area contributed by atoms with E-state index < -0.39 is 11.2 Å². The van der Waals surface area contributed by atoms with Crippen molar-refractivity contribution in [2.45, 2.75) is 103 Å². The average Bonchev–Trinajstić information content (AvgIpc) is 2.59. The molecule has 0 aliphatic heterocycles. The summed E-state index contributed by atoms with van der Waals surface area (Å²) >= 11 is 0. The van der Waals surface area contributed by atoms with Gasteiger partial charge in [-0.3, -0.25) is 0 Å². The van der Waals surface area contributed by atoms with Crippen LogP contribution < -0.4 is 0 Å². The molecule has 3 atom stereocenters. The van der Waals surface area contributed by atoms with Gasteiger partial charge in [-0.1, -0.05) is 69.4 Å². The van der Waals surface area contributed by atoms with Crippen molar-refractivity contribution in [1.82, 2.24) is 0 Å². The zero-order valence-electron chi connectivity index (χ0n) is 17.4. The normalized spacial score (nSPS) is 21.2. The van der Waals surface area contributed by atoms with Crippen LogP contribution in [-0.4, -0.2) is 21.4 Å². The Bertz CT molecular complexity index is 509. The summed E-state index contributed by atoms with van der Waals surface area (Å²) in [5.74, 6) is 1.67. The highest BCUT2D eigenvalue weighted by atomic mass is 16.3. The van der Waals surface area contributed by atoms with Crippen molar-refractivity contribution in [1.29, 1.82) is 0 Å². The average molecular weight is 361 g/mol. The number of rotatable bonds is 9. The van der Waals surface area contributed by atoms with E-state index in [1.54, 1.807) is 0 Å². The Balaban J connectivity index is 1.94. The zero-order chi connectivity index (χ0) is 19.2. The summed E-state index contributed by atoms with van der Waals surface area (Å²) in [4.78, 5) is 0. The van der Waals surface area contributed by atoms with Gasteiger partial charge in [-0.2, -0.15) is 0 Å². The van der Waals surface area contributed by atoms with Crippen molar-refractivity contribution in [2.75, 3.05) is 0 Å². The topological polar surface area (TPSA) is 40.5 Å². The number of aliphatic hydroxyl groups is 2. The fourth-order valence-corrected chi connectivity index (χ4v) is 4.87. The van der Waals surface area contributed by atoms with E-state index in [0.717, 1.165) is 31.6 Å². The molecule has 2 nitrogen and oxygen atoms in total. The van der Waals surface area contributed by atoms with Crippen molar-refractivity contribution in [3.63, 3.8) is 0 Å². The molecular weight excluding hydrogens is 320 g/mol. The van der Waals surface area contributed by atoms with Crippen molar-refractivity contribution in [2.24, 2.45) is 11.8 Å². The first kappa shape index (κ1) is 21.4. The lowest BCUT2D eigenvalue weighted by atomic mass is 9.74. The van der Waals surface area contributed by atoms with E-state index in [1.165, 1.54) is 37.7 Å². The second-order valence-electron chi connectivity index (χ2n) is 9.74. The molecule has 2 rings (SSSR count). The Morgan fingerprint density at radius 1 is 0.962 bits per heavy atom. The van der Waals surface area contributed by atoms with Gasteiger partial charge in [-0.25, -0.2) is 0 Å². The van der Waals surface area contributed by atoms with E-state index >= 15 is 0 Å². The van der Waals surface area contributed by atoms with Crippen molar-refractivity contribution < 1.29 is 10.2 Å². The van der Waals surface area contributed by atoms with Gasteiger partial charge in [0.15, 0.2) is 0 Å². The molecule has 148 valence electrons. The predicted octanol–water partition coefficient (Wildman–Crippen LogP) is 6.07. The highest BCUT2D eigenvalue weighted by Gasteiger charge is 2.30. The van der Waals surface area contributed by atoms with Crippen LogP contribution in [-0.2, 0) is 0 Å². The fourth-order valence-electron chi connectivity index (χ4n) is 4.87. The summed E-state index contributed by atoms with van der Waals surface area (Å²) in [6.45, 7) is 8.10. The van der Waals surface area contributed by atoms with Gasteiger partial charge in [0, 0.05) is 0 Å². The molecule has 1 aromatic carbocycles. The third kappa shape index (κ3) is 7.40. The largest absolute Gasteiger partial charge is 0.390 e. The second kappa shape index (κ2) is 9.37. The van der Waals surface area contributed by atoms with Gasteiger partial charge in [0.05, 0.1) is 11.2 Å². The summed E-state index contributed by atoms with van der Waals surface area (Å²) in [5.41, 5.74) is -0.0450. The zero-order valence-corrected chi connectivity index (χ0v) is 17.4. The Labute approximate surface area is 161 Å². The van der Waals surface area contributed by atoms with E-state index in [1.807, 2.05) is 26.8 Å². The van der Waals surface area contributed by atoms with Gasteiger partial charge in [-0.15, -0.1) is 0 Å². The molecule has 0 aromatic heterocycles. The maximum atomic E-state index is 11.0. The molecule has 0 amide bonds. The van der Waals surface area contributed by atoms with Crippen LogP contribution in [0, 0.1) is 11.8 Å². The minimum atomic E-state index is -0.693. The van der Waals surface area contributed by atoms with E-state index in [4.69, 9.17) is 0 Å². The van der Waals surface area contributed by atoms with Gasteiger partial charge in [0.2, 0.25) is 0 Å². The summed E-state index contributed by atoms with van der Waals surface area (Å²) in [6.07, 6.45) is 10.1. The molecule has 3 unspecified atom stereocenters. The van der Waals surface area contributed by atoms with Crippen LogP contribution in [0.5, 0.6) is 0 Å². The molecule has 0 radical (unpaired) electrons. The van der Waals surface area contributed by atoms with Crippen LogP contribution in [0.4, 0.5) is 0 Å². The molecule has 2 N–H and O–H groups in total. The van der Waals surface area contributed by atoms with Crippen LogP contribution in [0.3, 0.4) is 0 Å². The molecule has 0 spiro atoms. The van der Waals surface area contributed by atoms with Crippen molar-refractivity contribution >= 4 is 0 Å². The summed E-state index contributed by atoms with van der Waals surface area (Å²) in [5, 5.41) is 21.4. The van der Waals surface area contributed by atoms with E-state index in [2.05, 4.69) is 31.2 Å². The molecule has 0 heterocycles. The SMILES string of the molecule is CC(CC(C)(O)CCC(CC(C)(C)O)c1ccccc1)C1CCCCC1. The molecule has 1 fully saturated rings. The number of benzene rings is 1. The molecule has 1 aliphatic rings. The first-order valence-corrected chi connectivity index (χ1v) is 10.7. The lowest BCUT2D eigenvalue weighted by Crippen LogP contribution is -2.31.